The number of ether oxygens (including phenoxy) is 1. The molecule has 0 amide bonds. The molecule has 0 unspecified atom stereocenters. The molecule has 2 rings (SSSR count). The second kappa shape index (κ2) is 5.62. The van der Waals surface area contributed by atoms with Crippen LogP contribution in [-0.4, -0.2) is 23.8 Å². The summed E-state index contributed by atoms with van der Waals surface area (Å²) in [6, 6.07) is 9.99. The molecule has 0 aliphatic heterocycles. The summed E-state index contributed by atoms with van der Waals surface area (Å²) in [5.74, 6) is 1.00. The Kier molecular flexibility index (Phi) is 4.36. The maximum absolute atomic E-state index is 7.00. The lowest BCUT2D eigenvalue weighted by atomic mass is 10.3. The molecule has 1 fully saturated rings. The highest BCUT2D eigenvalue weighted by atomic mass is 16.5. The fourth-order valence-corrected chi connectivity index (χ4v) is 0.877. The summed E-state index contributed by atoms with van der Waals surface area (Å²) in [6.07, 6.45) is 2.98. The van der Waals surface area contributed by atoms with Crippen LogP contribution in [0.25, 0.3) is 0 Å². The van der Waals surface area contributed by atoms with Crippen molar-refractivity contribution in [2.75, 3.05) is 0 Å². The minimum atomic E-state index is 0. The van der Waals surface area contributed by atoms with Crippen molar-refractivity contribution in [3.8, 4) is 5.75 Å². The normalized spacial score (nSPS) is 14.0. The molecule has 3 nitrogen and oxygen atoms in total. The summed E-state index contributed by atoms with van der Waals surface area (Å²) >= 11 is 0. The molecule has 13 heavy (non-hydrogen) atoms. The molecule has 0 heterocycles. The van der Waals surface area contributed by atoms with Crippen molar-refractivity contribution >= 4 is 7.69 Å². The summed E-state index contributed by atoms with van der Waals surface area (Å²) in [4.78, 5) is 0. The van der Waals surface area contributed by atoms with Gasteiger partial charge < -0.3 is 14.8 Å². The van der Waals surface area contributed by atoms with Gasteiger partial charge in [0.2, 0.25) is 0 Å². The van der Waals surface area contributed by atoms with E-state index < -0.39 is 0 Å². The van der Waals surface area contributed by atoms with Crippen molar-refractivity contribution in [3.63, 3.8) is 0 Å². The average molecular weight is 179 g/mol. The largest absolute Gasteiger partial charge is 0.490 e. The SMILES string of the molecule is O[B]O.c1ccc(OC2CC2)cc1. The lowest BCUT2D eigenvalue weighted by Gasteiger charge is -2.01. The zero-order valence-electron chi connectivity index (χ0n) is 7.26. The van der Waals surface area contributed by atoms with Gasteiger partial charge in [-0.2, -0.15) is 0 Å². The predicted molar refractivity (Wildman–Crippen MR) is 50.3 cm³/mol. The fourth-order valence-electron chi connectivity index (χ4n) is 0.877. The van der Waals surface area contributed by atoms with Crippen LogP contribution in [0.4, 0.5) is 0 Å². The maximum atomic E-state index is 7.00. The van der Waals surface area contributed by atoms with E-state index in [0.29, 0.717) is 6.10 Å². The third kappa shape index (κ3) is 4.55. The highest BCUT2D eigenvalue weighted by Gasteiger charge is 2.22. The van der Waals surface area contributed by atoms with E-state index in [1.54, 1.807) is 0 Å². The Morgan fingerprint density at radius 2 is 1.69 bits per heavy atom. The van der Waals surface area contributed by atoms with Gasteiger partial charge in [0.1, 0.15) is 5.75 Å². The number of hydrogen-bond acceptors (Lipinski definition) is 3. The minimum absolute atomic E-state index is 0. The molecule has 0 bridgehead atoms. The van der Waals surface area contributed by atoms with Crippen LogP contribution >= 0.6 is 0 Å². The van der Waals surface area contributed by atoms with Crippen LogP contribution in [-0.2, 0) is 0 Å². The lowest BCUT2D eigenvalue weighted by molar-refractivity contribution is 0.303. The Morgan fingerprint density at radius 1 is 1.15 bits per heavy atom. The predicted octanol–water partition coefficient (Wildman–Crippen LogP) is 0.733. The molecule has 1 aliphatic rings. The third-order valence-electron chi connectivity index (χ3n) is 1.57. The van der Waals surface area contributed by atoms with Gasteiger partial charge in [-0.3, -0.25) is 0 Å². The zero-order chi connectivity index (χ0) is 9.52. The van der Waals surface area contributed by atoms with Gasteiger partial charge in [0.05, 0.1) is 6.10 Å². The maximum Gasteiger partial charge on any atom is 0.482 e. The van der Waals surface area contributed by atoms with Crippen LogP contribution < -0.4 is 4.74 Å². The van der Waals surface area contributed by atoms with Crippen LogP contribution in [0.3, 0.4) is 0 Å². The second-order valence-electron chi connectivity index (χ2n) is 2.75. The van der Waals surface area contributed by atoms with Crippen LogP contribution in [0.1, 0.15) is 12.8 Å². The van der Waals surface area contributed by atoms with Crippen molar-refractivity contribution in [1.82, 2.24) is 0 Å². The molecule has 0 aromatic heterocycles. The smallest absolute Gasteiger partial charge is 0.482 e. The van der Waals surface area contributed by atoms with Crippen molar-refractivity contribution in [2.45, 2.75) is 18.9 Å². The van der Waals surface area contributed by atoms with E-state index >= 15 is 0 Å². The molecule has 0 spiro atoms. The monoisotopic (exact) mass is 179 g/mol. The van der Waals surface area contributed by atoms with Gasteiger partial charge >= 0.3 is 7.69 Å². The fraction of sp³-hybridized carbons (Fsp3) is 0.333. The summed E-state index contributed by atoms with van der Waals surface area (Å²) in [6.45, 7) is 0. The van der Waals surface area contributed by atoms with Crippen LogP contribution in [0.5, 0.6) is 5.75 Å². The van der Waals surface area contributed by atoms with E-state index in [0.717, 1.165) is 5.75 Å². The minimum Gasteiger partial charge on any atom is -0.490 e. The summed E-state index contributed by atoms with van der Waals surface area (Å²) < 4.78 is 5.53. The van der Waals surface area contributed by atoms with Gasteiger partial charge in [-0.25, -0.2) is 0 Å². The second-order valence-corrected chi connectivity index (χ2v) is 2.75. The van der Waals surface area contributed by atoms with Gasteiger partial charge in [-0.05, 0) is 25.0 Å². The van der Waals surface area contributed by atoms with E-state index in [-0.39, 0.29) is 7.69 Å². The molecule has 1 saturated carbocycles. The first-order valence-corrected chi connectivity index (χ1v) is 4.18. The van der Waals surface area contributed by atoms with Gasteiger partial charge in [-0.1, -0.05) is 18.2 Å². The molecule has 0 saturated heterocycles. The van der Waals surface area contributed by atoms with Gasteiger partial charge in [0, 0.05) is 0 Å². The molecular weight excluding hydrogens is 167 g/mol. The first kappa shape index (κ1) is 10.1. The number of rotatable bonds is 2. The standard InChI is InChI=1S/C9H10O.BH2O2/c1-2-4-8(5-3-1)10-9-6-7-9;2-1-3/h1-5,9H,6-7H2;2-3H. The zero-order valence-corrected chi connectivity index (χ0v) is 7.26. The van der Waals surface area contributed by atoms with Crippen molar-refractivity contribution in [1.29, 1.82) is 0 Å². The molecule has 1 aromatic carbocycles. The van der Waals surface area contributed by atoms with E-state index in [1.807, 2.05) is 30.3 Å². The molecule has 2 N–H and O–H groups in total. The molecular formula is C9H12BO3. The third-order valence-corrected chi connectivity index (χ3v) is 1.57. The molecule has 4 heteroatoms. The quantitative estimate of drug-likeness (QED) is 0.658. The summed E-state index contributed by atoms with van der Waals surface area (Å²) in [5, 5.41) is 14.0. The Bertz CT molecular complexity index is 224. The average Bonchev–Trinajstić information content (AvgIpc) is 2.92. The highest BCUT2D eigenvalue weighted by Crippen LogP contribution is 2.25. The van der Waals surface area contributed by atoms with Gasteiger partial charge in [0.15, 0.2) is 0 Å². The molecule has 1 aromatic rings. The molecule has 1 radical (unpaired) electrons. The lowest BCUT2D eigenvalue weighted by Crippen LogP contribution is -1.94. The van der Waals surface area contributed by atoms with Gasteiger partial charge in [0.25, 0.3) is 0 Å². The van der Waals surface area contributed by atoms with E-state index in [4.69, 9.17) is 14.8 Å². The van der Waals surface area contributed by atoms with Crippen molar-refractivity contribution < 1.29 is 14.8 Å². The molecule has 1 aliphatic carbocycles. The summed E-state index contributed by atoms with van der Waals surface area (Å²) in [5.41, 5.74) is 0. The number of para-hydroxylation sites is 1. The van der Waals surface area contributed by atoms with Crippen molar-refractivity contribution in [3.05, 3.63) is 30.3 Å². The van der Waals surface area contributed by atoms with E-state index in [1.165, 1.54) is 12.8 Å². The van der Waals surface area contributed by atoms with Gasteiger partial charge in [-0.15, -0.1) is 0 Å². The Labute approximate surface area is 78.3 Å². The number of benzene rings is 1. The Hall–Kier alpha value is -0.995. The number of hydrogen-bond donors (Lipinski definition) is 2. The van der Waals surface area contributed by atoms with Crippen LogP contribution in [0.15, 0.2) is 30.3 Å². The Morgan fingerprint density at radius 3 is 2.15 bits per heavy atom. The van der Waals surface area contributed by atoms with Crippen LogP contribution in [0, 0.1) is 0 Å². The Balaban J connectivity index is 0.000000251. The first-order chi connectivity index (χ1) is 6.36. The summed E-state index contributed by atoms with van der Waals surface area (Å²) in [7, 11) is 0. The van der Waals surface area contributed by atoms with E-state index in [2.05, 4.69) is 0 Å². The van der Waals surface area contributed by atoms with Crippen molar-refractivity contribution in [2.24, 2.45) is 0 Å². The highest BCUT2D eigenvalue weighted by molar-refractivity contribution is 6.13. The van der Waals surface area contributed by atoms with E-state index in [9.17, 15) is 0 Å². The topological polar surface area (TPSA) is 49.7 Å². The first-order valence-electron chi connectivity index (χ1n) is 4.18. The molecule has 69 valence electrons. The van der Waals surface area contributed by atoms with Crippen LogP contribution in [0.2, 0.25) is 0 Å². The molecule has 0 atom stereocenters.